The van der Waals surface area contributed by atoms with Crippen LogP contribution in [0.4, 0.5) is 0 Å². The van der Waals surface area contributed by atoms with Gasteiger partial charge in [0.25, 0.3) is 0 Å². The number of ketones is 1. The van der Waals surface area contributed by atoms with Crippen LogP contribution in [0.15, 0.2) is 36.7 Å². The number of hydrogen-bond donors (Lipinski definition) is 0. The fourth-order valence-electron chi connectivity index (χ4n) is 2.22. The van der Waals surface area contributed by atoms with E-state index in [-0.39, 0.29) is 5.92 Å². The average molecular weight is 211 g/mol. The van der Waals surface area contributed by atoms with Crippen molar-refractivity contribution in [3.8, 4) is 0 Å². The molecule has 0 saturated heterocycles. The van der Waals surface area contributed by atoms with E-state index in [2.05, 4.69) is 4.98 Å². The highest BCUT2D eigenvalue weighted by Crippen LogP contribution is 2.31. The lowest BCUT2D eigenvalue weighted by molar-refractivity contribution is 0.0857. The smallest absolute Gasteiger partial charge is 0.166 e. The van der Waals surface area contributed by atoms with E-state index in [1.807, 2.05) is 24.3 Å². The molecule has 80 valence electrons. The summed E-state index contributed by atoms with van der Waals surface area (Å²) in [5.74, 6) is 0.552. The summed E-state index contributed by atoms with van der Waals surface area (Å²) >= 11 is 0. The van der Waals surface area contributed by atoms with Gasteiger partial charge in [-0.1, -0.05) is 24.6 Å². The molecule has 2 heteroatoms. The molecule has 1 aliphatic rings. The number of pyridine rings is 1. The molecule has 0 bridgehead atoms. The highest BCUT2D eigenvalue weighted by Gasteiger charge is 2.26. The fraction of sp³-hybridized carbons (Fsp3) is 0.286. The minimum atomic E-state index is 0.255. The van der Waals surface area contributed by atoms with Gasteiger partial charge < -0.3 is 0 Å². The number of carbonyl (C=O) groups is 1. The van der Waals surface area contributed by atoms with Crippen molar-refractivity contribution in [2.24, 2.45) is 5.92 Å². The van der Waals surface area contributed by atoms with Gasteiger partial charge in [-0.2, -0.15) is 0 Å². The third-order valence-corrected chi connectivity index (χ3v) is 3.43. The summed E-state index contributed by atoms with van der Waals surface area (Å²) in [6.45, 7) is 0. The van der Waals surface area contributed by atoms with E-state index in [9.17, 15) is 4.79 Å². The molecule has 0 atom stereocenters. The number of Topliss-reactive ketones (excluding diaryl/α,β-unsaturated/α-hetero) is 1. The Morgan fingerprint density at radius 3 is 2.88 bits per heavy atom. The molecule has 0 N–H and O–H groups in total. The molecule has 1 aromatic heterocycles. The van der Waals surface area contributed by atoms with Gasteiger partial charge in [0, 0.05) is 29.3 Å². The first-order chi connectivity index (χ1) is 7.86. The molecule has 0 amide bonds. The van der Waals surface area contributed by atoms with Crippen molar-refractivity contribution in [1.82, 2.24) is 4.98 Å². The second kappa shape index (κ2) is 3.71. The molecule has 0 spiro atoms. The molecule has 1 saturated carbocycles. The summed E-state index contributed by atoms with van der Waals surface area (Å²) in [4.78, 5) is 16.3. The van der Waals surface area contributed by atoms with Crippen LogP contribution in [0, 0.1) is 5.92 Å². The molecule has 16 heavy (non-hydrogen) atoms. The van der Waals surface area contributed by atoms with E-state index < -0.39 is 0 Å². The number of aromatic nitrogens is 1. The Balaban J connectivity index is 2.12. The maximum Gasteiger partial charge on any atom is 0.166 e. The molecule has 1 aliphatic carbocycles. The first-order valence-corrected chi connectivity index (χ1v) is 5.73. The Bertz CT molecular complexity index is 538. The molecular formula is C14H13NO. The van der Waals surface area contributed by atoms with Gasteiger partial charge in [-0.25, -0.2) is 0 Å². The predicted molar refractivity (Wildman–Crippen MR) is 63.4 cm³/mol. The van der Waals surface area contributed by atoms with Crippen LogP contribution in [0.5, 0.6) is 0 Å². The summed E-state index contributed by atoms with van der Waals surface area (Å²) < 4.78 is 0. The zero-order chi connectivity index (χ0) is 11.0. The van der Waals surface area contributed by atoms with Crippen LogP contribution in [-0.2, 0) is 0 Å². The summed E-state index contributed by atoms with van der Waals surface area (Å²) in [6.07, 6.45) is 6.85. The SMILES string of the molecule is O=C(c1cccc2ccncc12)C1CCC1. The van der Waals surface area contributed by atoms with Gasteiger partial charge in [0.1, 0.15) is 0 Å². The van der Waals surface area contributed by atoms with E-state index in [4.69, 9.17) is 0 Å². The highest BCUT2D eigenvalue weighted by atomic mass is 16.1. The molecule has 1 aromatic carbocycles. The Labute approximate surface area is 94.3 Å². The van der Waals surface area contributed by atoms with Crippen molar-refractivity contribution in [2.45, 2.75) is 19.3 Å². The van der Waals surface area contributed by atoms with Crippen molar-refractivity contribution in [3.05, 3.63) is 42.2 Å². The highest BCUT2D eigenvalue weighted by molar-refractivity contribution is 6.09. The maximum absolute atomic E-state index is 12.2. The van der Waals surface area contributed by atoms with E-state index >= 15 is 0 Å². The third kappa shape index (κ3) is 1.42. The third-order valence-electron chi connectivity index (χ3n) is 3.43. The first kappa shape index (κ1) is 9.52. The molecule has 3 rings (SSSR count). The van der Waals surface area contributed by atoms with Crippen LogP contribution in [-0.4, -0.2) is 10.8 Å². The molecule has 0 aliphatic heterocycles. The minimum Gasteiger partial charge on any atom is -0.294 e. The van der Waals surface area contributed by atoms with Crippen molar-refractivity contribution < 1.29 is 4.79 Å². The lowest BCUT2D eigenvalue weighted by Gasteiger charge is -2.24. The Hall–Kier alpha value is -1.70. The van der Waals surface area contributed by atoms with Gasteiger partial charge in [-0.15, -0.1) is 0 Å². The Morgan fingerprint density at radius 2 is 2.12 bits per heavy atom. The summed E-state index contributed by atoms with van der Waals surface area (Å²) in [5.41, 5.74) is 0.843. The van der Waals surface area contributed by atoms with Gasteiger partial charge in [0.15, 0.2) is 5.78 Å². The number of nitrogens with zero attached hydrogens (tertiary/aromatic N) is 1. The summed E-state index contributed by atoms with van der Waals surface area (Å²) in [7, 11) is 0. The molecule has 1 heterocycles. The van der Waals surface area contributed by atoms with E-state index in [1.165, 1.54) is 6.42 Å². The molecule has 2 nitrogen and oxygen atoms in total. The lowest BCUT2D eigenvalue weighted by Crippen LogP contribution is -2.22. The van der Waals surface area contributed by atoms with Gasteiger partial charge >= 0.3 is 0 Å². The minimum absolute atomic E-state index is 0.255. The zero-order valence-corrected chi connectivity index (χ0v) is 9.02. The van der Waals surface area contributed by atoms with Crippen LogP contribution in [0.25, 0.3) is 10.8 Å². The topological polar surface area (TPSA) is 30.0 Å². The van der Waals surface area contributed by atoms with E-state index in [0.717, 1.165) is 29.2 Å². The standard InChI is InChI=1S/C14H13NO/c16-14(11-4-1-5-11)12-6-2-3-10-7-8-15-9-13(10)12/h2-3,6-9,11H,1,4-5H2. The molecule has 1 fully saturated rings. The second-order valence-corrected chi connectivity index (χ2v) is 4.39. The molecule has 2 aromatic rings. The number of fused-ring (bicyclic) bond motifs is 1. The number of rotatable bonds is 2. The Kier molecular flexibility index (Phi) is 2.21. The van der Waals surface area contributed by atoms with Crippen molar-refractivity contribution >= 4 is 16.6 Å². The number of carbonyl (C=O) groups excluding carboxylic acids is 1. The van der Waals surface area contributed by atoms with Crippen molar-refractivity contribution in [1.29, 1.82) is 0 Å². The number of hydrogen-bond acceptors (Lipinski definition) is 2. The summed E-state index contributed by atoms with van der Waals surface area (Å²) in [5, 5.41) is 2.09. The van der Waals surface area contributed by atoms with Crippen LogP contribution >= 0.6 is 0 Å². The van der Waals surface area contributed by atoms with Crippen molar-refractivity contribution in [2.75, 3.05) is 0 Å². The fourth-order valence-corrected chi connectivity index (χ4v) is 2.22. The molecule has 0 radical (unpaired) electrons. The predicted octanol–water partition coefficient (Wildman–Crippen LogP) is 3.22. The van der Waals surface area contributed by atoms with Crippen LogP contribution in [0.1, 0.15) is 29.6 Å². The maximum atomic E-state index is 12.2. The number of benzene rings is 1. The van der Waals surface area contributed by atoms with E-state index in [1.54, 1.807) is 12.4 Å². The largest absolute Gasteiger partial charge is 0.294 e. The van der Waals surface area contributed by atoms with Gasteiger partial charge in [0.05, 0.1) is 0 Å². The lowest BCUT2D eigenvalue weighted by atomic mass is 9.79. The van der Waals surface area contributed by atoms with Crippen LogP contribution in [0.3, 0.4) is 0 Å². The van der Waals surface area contributed by atoms with Gasteiger partial charge in [-0.3, -0.25) is 9.78 Å². The van der Waals surface area contributed by atoms with Gasteiger partial charge in [0.2, 0.25) is 0 Å². The zero-order valence-electron chi connectivity index (χ0n) is 9.02. The Morgan fingerprint density at radius 1 is 1.25 bits per heavy atom. The quantitative estimate of drug-likeness (QED) is 0.714. The van der Waals surface area contributed by atoms with E-state index in [0.29, 0.717) is 5.78 Å². The molecule has 0 unspecified atom stereocenters. The van der Waals surface area contributed by atoms with Crippen LogP contribution in [0.2, 0.25) is 0 Å². The normalized spacial score (nSPS) is 16.0. The first-order valence-electron chi connectivity index (χ1n) is 5.73. The summed E-state index contributed by atoms with van der Waals surface area (Å²) in [6, 6.07) is 7.85. The monoisotopic (exact) mass is 211 g/mol. The van der Waals surface area contributed by atoms with Gasteiger partial charge in [-0.05, 0) is 24.3 Å². The second-order valence-electron chi connectivity index (χ2n) is 4.39. The molecular weight excluding hydrogens is 198 g/mol. The van der Waals surface area contributed by atoms with Crippen LogP contribution < -0.4 is 0 Å². The van der Waals surface area contributed by atoms with Crippen molar-refractivity contribution in [3.63, 3.8) is 0 Å². The average Bonchev–Trinajstić information content (AvgIpc) is 2.26.